The number of amides is 4. The molecule has 1 fully saturated rings. The van der Waals surface area contributed by atoms with Crippen LogP contribution in [0.15, 0.2) is 36.4 Å². The van der Waals surface area contributed by atoms with Gasteiger partial charge in [0.1, 0.15) is 0 Å². The molecular weight excluding hydrogens is 378 g/mol. The van der Waals surface area contributed by atoms with Gasteiger partial charge in [0.2, 0.25) is 11.7 Å². The first-order valence-electron chi connectivity index (χ1n) is 8.75. The summed E-state index contributed by atoms with van der Waals surface area (Å²) in [5, 5.41) is 5.26. The van der Waals surface area contributed by atoms with Crippen LogP contribution in [-0.4, -0.2) is 50.6 Å². The fourth-order valence-corrected chi connectivity index (χ4v) is 2.91. The van der Waals surface area contributed by atoms with Gasteiger partial charge in [-0.1, -0.05) is 12.1 Å². The SMILES string of the molecule is COc1cc(C(=O)Nc2ccc(CN3C(=O)CNC3=O)cc2)cc(OC)c1OC. The second-order valence-electron chi connectivity index (χ2n) is 6.20. The number of urea groups is 1. The Kier molecular flexibility index (Phi) is 5.87. The number of hydrogen-bond acceptors (Lipinski definition) is 6. The molecule has 0 saturated carbocycles. The molecule has 0 bridgehead atoms. The highest BCUT2D eigenvalue weighted by molar-refractivity contribution is 6.05. The maximum atomic E-state index is 12.6. The summed E-state index contributed by atoms with van der Waals surface area (Å²) in [6, 6.07) is 9.58. The highest BCUT2D eigenvalue weighted by Crippen LogP contribution is 2.38. The van der Waals surface area contributed by atoms with Crippen LogP contribution in [0.2, 0.25) is 0 Å². The lowest BCUT2D eigenvalue weighted by molar-refractivity contribution is -0.125. The lowest BCUT2D eigenvalue weighted by Gasteiger charge is -2.14. The van der Waals surface area contributed by atoms with Gasteiger partial charge in [-0.05, 0) is 29.8 Å². The Bertz CT molecular complexity index is 901. The second kappa shape index (κ2) is 8.51. The molecule has 2 N–H and O–H groups in total. The number of nitrogens with one attached hydrogen (secondary N) is 2. The van der Waals surface area contributed by atoms with Crippen molar-refractivity contribution in [2.75, 3.05) is 33.2 Å². The van der Waals surface area contributed by atoms with Crippen LogP contribution in [0.3, 0.4) is 0 Å². The van der Waals surface area contributed by atoms with Crippen LogP contribution >= 0.6 is 0 Å². The Hall–Kier alpha value is -3.75. The standard InChI is InChI=1S/C20H21N3O6/c1-27-15-8-13(9-16(28-2)18(15)29-3)19(25)22-14-6-4-12(5-7-14)11-23-17(24)10-21-20(23)26/h4-9H,10-11H2,1-3H3,(H,21,26)(H,22,25). The second-order valence-corrected chi connectivity index (χ2v) is 6.20. The summed E-state index contributed by atoms with van der Waals surface area (Å²) in [6.07, 6.45) is 0. The number of methoxy groups -OCH3 is 3. The lowest BCUT2D eigenvalue weighted by Crippen LogP contribution is -2.30. The first-order valence-corrected chi connectivity index (χ1v) is 8.75. The summed E-state index contributed by atoms with van der Waals surface area (Å²) in [6.45, 7) is 0.188. The largest absolute Gasteiger partial charge is 0.493 e. The van der Waals surface area contributed by atoms with Gasteiger partial charge < -0.3 is 24.8 Å². The van der Waals surface area contributed by atoms with E-state index >= 15 is 0 Å². The normalized spacial score (nSPS) is 13.1. The lowest BCUT2D eigenvalue weighted by atomic mass is 10.1. The van der Waals surface area contributed by atoms with E-state index in [1.807, 2.05) is 0 Å². The van der Waals surface area contributed by atoms with Crippen molar-refractivity contribution < 1.29 is 28.6 Å². The zero-order valence-corrected chi connectivity index (χ0v) is 16.3. The maximum absolute atomic E-state index is 12.6. The quantitative estimate of drug-likeness (QED) is 0.690. The average molecular weight is 399 g/mol. The van der Waals surface area contributed by atoms with Crippen molar-refractivity contribution in [1.82, 2.24) is 10.2 Å². The molecule has 0 spiro atoms. The Balaban J connectivity index is 1.72. The van der Waals surface area contributed by atoms with Gasteiger partial charge >= 0.3 is 6.03 Å². The molecule has 1 aliphatic rings. The molecule has 9 heteroatoms. The number of nitrogens with zero attached hydrogens (tertiary/aromatic N) is 1. The van der Waals surface area contributed by atoms with Crippen molar-refractivity contribution in [2.45, 2.75) is 6.54 Å². The number of anilines is 1. The fourth-order valence-electron chi connectivity index (χ4n) is 2.91. The molecule has 2 aromatic rings. The van der Waals surface area contributed by atoms with Crippen molar-refractivity contribution in [3.8, 4) is 17.2 Å². The van der Waals surface area contributed by atoms with Crippen molar-refractivity contribution >= 4 is 23.5 Å². The monoisotopic (exact) mass is 399 g/mol. The van der Waals surface area contributed by atoms with E-state index in [2.05, 4.69) is 10.6 Å². The Labute approximate surface area is 167 Å². The number of ether oxygens (including phenoxy) is 3. The van der Waals surface area contributed by atoms with Gasteiger partial charge in [-0.3, -0.25) is 14.5 Å². The average Bonchev–Trinajstić information content (AvgIpc) is 3.05. The van der Waals surface area contributed by atoms with E-state index in [-0.39, 0.29) is 24.9 Å². The van der Waals surface area contributed by atoms with Gasteiger partial charge in [-0.15, -0.1) is 0 Å². The molecule has 1 heterocycles. The zero-order valence-electron chi connectivity index (χ0n) is 16.3. The summed E-state index contributed by atoms with van der Waals surface area (Å²) < 4.78 is 15.8. The molecule has 0 radical (unpaired) electrons. The van der Waals surface area contributed by atoms with Gasteiger partial charge in [0, 0.05) is 11.3 Å². The minimum Gasteiger partial charge on any atom is -0.493 e. The predicted octanol–water partition coefficient (Wildman–Crippen LogP) is 2.02. The van der Waals surface area contributed by atoms with Gasteiger partial charge in [-0.25, -0.2) is 4.79 Å². The van der Waals surface area contributed by atoms with E-state index < -0.39 is 6.03 Å². The molecular formula is C20H21N3O6. The van der Waals surface area contributed by atoms with Gasteiger partial charge in [0.25, 0.3) is 5.91 Å². The summed E-state index contributed by atoms with van der Waals surface area (Å²) in [7, 11) is 4.44. The molecule has 9 nitrogen and oxygen atoms in total. The van der Waals surface area contributed by atoms with E-state index in [0.29, 0.717) is 28.5 Å². The minimum absolute atomic E-state index is 0.0156. The van der Waals surface area contributed by atoms with E-state index in [4.69, 9.17) is 14.2 Å². The Morgan fingerprint density at radius 3 is 2.14 bits per heavy atom. The molecule has 4 amide bonds. The topological polar surface area (TPSA) is 106 Å². The summed E-state index contributed by atoms with van der Waals surface area (Å²) in [5.74, 6) is 0.527. The van der Waals surface area contributed by atoms with Gasteiger partial charge in [-0.2, -0.15) is 0 Å². The van der Waals surface area contributed by atoms with Crippen LogP contribution in [0, 0.1) is 0 Å². The van der Waals surface area contributed by atoms with Crippen molar-refractivity contribution in [3.63, 3.8) is 0 Å². The van der Waals surface area contributed by atoms with Crippen molar-refractivity contribution in [2.24, 2.45) is 0 Å². The first kappa shape index (κ1) is 20.0. The summed E-state index contributed by atoms with van der Waals surface area (Å²) in [4.78, 5) is 37.1. The number of imide groups is 1. The number of carbonyl (C=O) groups is 3. The van der Waals surface area contributed by atoms with Crippen LogP contribution < -0.4 is 24.8 Å². The van der Waals surface area contributed by atoms with Gasteiger partial charge in [0.15, 0.2) is 11.5 Å². The molecule has 2 aromatic carbocycles. The summed E-state index contributed by atoms with van der Waals surface area (Å²) in [5.41, 5.74) is 1.66. The molecule has 0 atom stereocenters. The highest BCUT2D eigenvalue weighted by atomic mass is 16.5. The van der Waals surface area contributed by atoms with Crippen molar-refractivity contribution in [3.05, 3.63) is 47.5 Å². The van der Waals surface area contributed by atoms with E-state index in [1.165, 1.54) is 21.3 Å². The number of benzene rings is 2. The number of rotatable bonds is 7. The third-order valence-corrected chi connectivity index (χ3v) is 4.42. The molecule has 152 valence electrons. The molecule has 29 heavy (non-hydrogen) atoms. The van der Waals surface area contributed by atoms with Crippen LogP contribution in [-0.2, 0) is 11.3 Å². The van der Waals surface area contributed by atoms with Gasteiger partial charge in [0.05, 0.1) is 34.4 Å². The minimum atomic E-state index is -0.408. The molecule has 3 rings (SSSR count). The highest BCUT2D eigenvalue weighted by Gasteiger charge is 2.28. The molecule has 0 unspecified atom stereocenters. The van der Waals surface area contributed by atoms with Crippen LogP contribution in [0.4, 0.5) is 10.5 Å². The molecule has 1 saturated heterocycles. The van der Waals surface area contributed by atoms with E-state index in [9.17, 15) is 14.4 Å². The third kappa shape index (κ3) is 4.23. The zero-order chi connectivity index (χ0) is 21.0. The summed E-state index contributed by atoms with van der Waals surface area (Å²) >= 11 is 0. The van der Waals surface area contributed by atoms with Crippen LogP contribution in [0.5, 0.6) is 17.2 Å². The fraction of sp³-hybridized carbons (Fsp3) is 0.250. The van der Waals surface area contributed by atoms with E-state index in [1.54, 1.807) is 36.4 Å². The van der Waals surface area contributed by atoms with Crippen molar-refractivity contribution in [1.29, 1.82) is 0 Å². The van der Waals surface area contributed by atoms with E-state index in [0.717, 1.165) is 10.5 Å². The first-order chi connectivity index (χ1) is 14.0. The van der Waals surface area contributed by atoms with Crippen LogP contribution in [0.25, 0.3) is 0 Å². The smallest absolute Gasteiger partial charge is 0.324 e. The Morgan fingerprint density at radius 2 is 1.66 bits per heavy atom. The molecule has 0 aliphatic carbocycles. The number of hydrogen-bond donors (Lipinski definition) is 2. The maximum Gasteiger partial charge on any atom is 0.324 e. The number of carbonyl (C=O) groups excluding carboxylic acids is 3. The molecule has 1 aliphatic heterocycles. The predicted molar refractivity (Wildman–Crippen MR) is 104 cm³/mol. The molecule has 0 aromatic heterocycles. The third-order valence-electron chi connectivity index (χ3n) is 4.42. The Morgan fingerprint density at radius 1 is 1.03 bits per heavy atom. The van der Waals surface area contributed by atoms with Crippen LogP contribution in [0.1, 0.15) is 15.9 Å².